The highest BCUT2D eigenvalue weighted by atomic mass is 79.9. The molecule has 0 radical (unpaired) electrons. The van der Waals surface area contributed by atoms with Crippen molar-refractivity contribution in [1.82, 2.24) is 4.98 Å². The zero-order valence-corrected chi connectivity index (χ0v) is 10.2. The molecule has 3 N–H and O–H groups in total. The molecule has 0 saturated carbocycles. The van der Waals surface area contributed by atoms with Crippen LogP contribution in [0.1, 0.15) is 5.56 Å². The predicted molar refractivity (Wildman–Crippen MR) is 70.1 cm³/mol. The summed E-state index contributed by atoms with van der Waals surface area (Å²) in [5.74, 6) is 1.31. The van der Waals surface area contributed by atoms with Crippen LogP contribution in [0.4, 0.5) is 11.6 Å². The molecule has 16 heavy (non-hydrogen) atoms. The van der Waals surface area contributed by atoms with Crippen LogP contribution >= 0.6 is 15.9 Å². The number of hydrogen-bond donors (Lipinski definition) is 2. The molecule has 0 unspecified atom stereocenters. The minimum atomic E-state index is 0.525. The Bertz CT molecular complexity index is 485. The smallest absolute Gasteiger partial charge is 0.128 e. The first-order valence-corrected chi connectivity index (χ1v) is 5.75. The van der Waals surface area contributed by atoms with Crippen molar-refractivity contribution in [1.29, 1.82) is 0 Å². The van der Waals surface area contributed by atoms with E-state index in [9.17, 15) is 0 Å². The van der Waals surface area contributed by atoms with E-state index >= 15 is 0 Å². The number of nitrogens with one attached hydrogen (secondary N) is 1. The monoisotopic (exact) mass is 277 g/mol. The highest BCUT2D eigenvalue weighted by Crippen LogP contribution is 2.17. The van der Waals surface area contributed by atoms with Gasteiger partial charge in [-0.3, -0.25) is 0 Å². The second kappa shape index (κ2) is 4.99. The molecule has 0 spiro atoms. The van der Waals surface area contributed by atoms with Gasteiger partial charge < -0.3 is 11.1 Å². The molecule has 2 rings (SSSR count). The van der Waals surface area contributed by atoms with Crippen LogP contribution in [-0.2, 0) is 6.54 Å². The zero-order chi connectivity index (χ0) is 11.4. The lowest BCUT2D eigenvalue weighted by Gasteiger charge is -2.07. The highest BCUT2D eigenvalue weighted by Gasteiger charge is 1.99. The van der Waals surface area contributed by atoms with E-state index in [0.717, 1.165) is 16.8 Å². The molecule has 0 bridgehead atoms. The van der Waals surface area contributed by atoms with Gasteiger partial charge in [0.25, 0.3) is 0 Å². The Balaban J connectivity index is 2.05. The molecule has 4 heteroatoms. The number of anilines is 2. The molecule has 1 aromatic carbocycles. The number of pyridine rings is 1. The van der Waals surface area contributed by atoms with Crippen LogP contribution in [0.5, 0.6) is 0 Å². The van der Waals surface area contributed by atoms with E-state index in [4.69, 9.17) is 5.73 Å². The Morgan fingerprint density at radius 2 is 1.94 bits per heavy atom. The van der Waals surface area contributed by atoms with Crippen molar-refractivity contribution >= 4 is 27.6 Å². The second-order valence-corrected chi connectivity index (χ2v) is 4.25. The Hall–Kier alpha value is -1.55. The lowest BCUT2D eigenvalue weighted by molar-refractivity contribution is 1.10. The summed E-state index contributed by atoms with van der Waals surface area (Å²) in [5.41, 5.74) is 6.78. The zero-order valence-electron chi connectivity index (χ0n) is 8.65. The molecule has 1 heterocycles. The topological polar surface area (TPSA) is 50.9 Å². The van der Waals surface area contributed by atoms with Crippen molar-refractivity contribution in [3.05, 3.63) is 52.5 Å². The predicted octanol–water partition coefficient (Wildman–Crippen LogP) is 3.04. The Morgan fingerprint density at radius 3 is 2.69 bits per heavy atom. The van der Waals surface area contributed by atoms with E-state index in [2.05, 4.69) is 32.3 Å². The summed E-state index contributed by atoms with van der Waals surface area (Å²) in [6.07, 6.45) is 0. The van der Waals surface area contributed by atoms with Crippen molar-refractivity contribution in [3.8, 4) is 0 Å². The van der Waals surface area contributed by atoms with E-state index in [1.807, 2.05) is 30.3 Å². The molecule has 0 aliphatic rings. The first-order chi connectivity index (χ1) is 7.75. The number of nitrogen functional groups attached to an aromatic ring is 1. The van der Waals surface area contributed by atoms with Gasteiger partial charge in [-0.1, -0.05) is 40.2 Å². The van der Waals surface area contributed by atoms with Crippen molar-refractivity contribution in [3.63, 3.8) is 0 Å². The summed E-state index contributed by atoms with van der Waals surface area (Å²) in [5, 5.41) is 3.22. The summed E-state index contributed by atoms with van der Waals surface area (Å²) < 4.78 is 1.09. The summed E-state index contributed by atoms with van der Waals surface area (Å²) in [4.78, 5) is 4.17. The normalized spacial score (nSPS) is 10.1. The number of halogens is 1. The van der Waals surface area contributed by atoms with Crippen LogP contribution < -0.4 is 11.1 Å². The van der Waals surface area contributed by atoms with E-state index in [-0.39, 0.29) is 0 Å². The van der Waals surface area contributed by atoms with Gasteiger partial charge in [0, 0.05) is 11.0 Å². The van der Waals surface area contributed by atoms with Crippen molar-refractivity contribution in [2.24, 2.45) is 0 Å². The number of rotatable bonds is 3. The highest BCUT2D eigenvalue weighted by molar-refractivity contribution is 9.10. The summed E-state index contributed by atoms with van der Waals surface area (Å²) in [7, 11) is 0. The number of aromatic nitrogens is 1. The van der Waals surface area contributed by atoms with Crippen molar-refractivity contribution in [2.75, 3.05) is 11.1 Å². The van der Waals surface area contributed by atoms with Crippen molar-refractivity contribution in [2.45, 2.75) is 6.54 Å². The van der Waals surface area contributed by atoms with Crippen LogP contribution in [0.25, 0.3) is 0 Å². The number of benzene rings is 1. The fraction of sp³-hybridized carbons (Fsp3) is 0.0833. The lowest BCUT2D eigenvalue weighted by Crippen LogP contribution is -2.02. The van der Waals surface area contributed by atoms with Crippen LogP contribution in [0.2, 0.25) is 0 Å². The molecule has 3 nitrogen and oxygen atoms in total. The number of hydrogen-bond acceptors (Lipinski definition) is 3. The van der Waals surface area contributed by atoms with Gasteiger partial charge in [-0.2, -0.15) is 0 Å². The van der Waals surface area contributed by atoms with Crippen molar-refractivity contribution < 1.29 is 0 Å². The number of nitrogens with two attached hydrogens (primary N) is 1. The molecular formula is C12H12BrN3. The second-order valence-electron chi connectivity index (χ2n) is 3.39. The fourth-order valence-electron chi connectivity index (χ4n) is 1.38. The molecule has 0 fully saturated rings. The third-order valence-electron chi connectivity index (χ3n) is 2.19. The van der Waals surface area contributed by atoms with Gasteiger partial charge in [0.15, 0.2) is 0 Å². The maximum Gasteiger partial charge on any atom is 0.128 e. The molecule has 0 atom stereocenters. The quantitative estimate of drug-likeness (QED) is 0.907. The van der Waals surface area contributed by atoms with Crippen LogP contribution in [-0.4, -0.2) is 4.98 Å². The minimum absolute atomic E-state index is 0.525. The lowest BCUT2D eigenvalue weighted by atomic mass is 10.2. The average Bonchev–Trinajstić information content (AvgIpc) is 2.28. The first kappa shape index (κ1) is 11.0. The van der Waals surface area contributed by atoms with Crippen LogP contribution in [0, 0.1) is 0 Å². The maximum atomic E-state index is 5.60. The van der Waals surface area contributed by atoms with Gasteiger partial charge in [-0.25, -0.2) is 4.98 Å². The van der Waals surface area contributed by atoms with E-state index in [0.29, 0.717) is 5.82 Å². The molecule has 2 aromatic rings. The largest absolute Gasteiger partial charge is 0.384 e. The Kier molecular flexibility index (Phi) is 3.41. The molecule has 1 aromatic heterocycles. The maximum absolute atomic E-state index is 5.60. The Morgan fingerprint density at radius 1 is 1.12 bits per heavy atom. The van der Waals surface area contributed by atoms with Gasteiger partial charge in [0.05, 0.1) is 0 Å². The van der Waals surface area contributed by atoms with Gasteiger partial charge in [0.1, 0.15) is 11.6 Å². The third kappa shape index (κ3) is 2.73. The summed E-state index contributed by atoms with van der Waals surface area (Å²) >= 11 is 3.50. The number of nitrogens with zero attached hydrogens (tertiary/aromatic N) is 1. The van der Waals surface area contributed by atoms with Gasteiger partial charge >= 0.3 is 0 Å². The standard InChI is InChI=1S/C12H12BrN3/c13-10-5-2-1-4-9(10)8-15-12-7-3-6-11(14)16-12/h1-7H,8H2,(H3,14,15,16). The molecule has 82 valence electrons. The Labute approximate surface area is 103 Å². The SMILES string of the molecule is Nc1cccc(NCc2ccccc2Br)n1. The average molecular weight is 278 g/mol. The minimum Gasteiger partial charge on any atom is -0.384 e. The molecule has 0 aliphatic carbocycles. The van der Waals surface area contributed by atoms with Gasteiger partial charge in [0.2, 0.25) is 0 Å². The summed E-state index contributed by atoms with van der Waals surface area (Å²) in [6.45, 7) is 0.720. The third-order valence-corrected chi connectivity index (χ3v) is 2.96. The van der Waals surface area contributed by atoms with E-state index in [1.54, 1.807) is 6.07 Å². The molecule has 0 aliphatic heterocycles. The summed E-state index contributed by atoms with van der Waals surface area (Å²) in [6, 6.07) is 13.6. The van der Waals surface area contributed by atoms with E-state index in [1.165, 1.54) is 5.56 Å². The fourth-order valence-corrected chi connectivity index (χ4v) is 1.80. The molecular weight excluding hydrogens is 266 g/mol. The van der Waals surface area contributed by atoms with E-state index < -0.39 is 0 Å². The molecule has 0 saturated heterocycles. The van der Waals surface area contributed by atoms with Gasteiger partial charge in [-0.05, 0) is 23.8 Å². The first-order valence-electron chi connectivity index (χ1n) is 4.95. The molecule has 0 amide bonds. The van der Waals surface area contributed by atoms with Crippen LogP contribution in [0.15, 0.2) is 46.9 Å². The van der Waals surface area contributed by atoms with Gasteiger partial charge in [-0.15, -0.1) is 0 Å². The van der Waals surface area contributed by atoms with Crippen LogP contribution in [0.3, 0.4) is 0 Å².